The normalized spacial score (nSPS) is 10.3. The van der Waals surface area contributed by atoms with Crippen molar-refractivity contribution in [2.75, 3.05) is 0 Å². The van der Waals surface area contributed by atoms with E-state index in [1.54, 1.807) is 12.1 Å². The van der Waals surface area contributed by atoms with E-state index in [-0.39, 0.29) is 30.4 Å². The first kappa shape index (κ1) is 16.1. The van der Waals surface area contributed by atoms with E-state index in [1.165, 1.54) is 30.3 Å². The number of carbonyl (C=O) groups is 1. The summed E-state index contributed by atoms with van der Waals surface area (Å²) in [5.41, 5.74) is 1.00. The molecule has 2 aromatic rings. The SMILES string of the molecule is O=C(Cc1ccc([N+](=O)[O-])cc1)NCc1cc(Br)ccc1F. The summed E-state index contributed by atoms with van der Waals surface area (Å²) >= 11 is 3.24. The average molecular weight is 367 g/mol. The van der Waals surface area contributed by atoms with Gasteiger partial charge in [0.1, 0.15) is 5.82 Å². The van der Waals surface area contributed by atoms with Crippen LogP contribution in [0.1, 0.15) is 11.1 Å². The number of non-ortho nitro benzene ring substituents is 1. The molecule has 5 nitrogen and oxygen atoms in total. The van der Waals surface area contributed by atoms with Gasteiger partial charge in [0.15, 0.2) is 0 Å². The molecule has 22 heavy (non-hydrogen) atoms. The summed E-state index contributed by atoms with van der Waals surface area (Å²) in [5.74, 6) is -0.674. The van der Waals surface area contributed by atoms with Crippen LogP contribution in [0.3, 0.4) is 0 Å². The maximum atomic E-state index is 13.5. The van der Waals surface area contributed by atoms with E-state index < -0.39 is 4.92 Å². The van der Waals surface area contributed by atoms with Crippen molar-refractivity contribution < 1.29 is 14.1 Å². The Labute approximate surface area is 134 Å². The molecule has 1 N–H and O–H groups in total. The van der Waals surface area contributed by atoms with E-state index in [2.05, 4.69) is 21.2 Å². The molecule has 7 heteroatoms. The minimum atomic E-state index is -0.500. The summed E-state index contributed by atoms with van der Waals surface area (Å²) in [6.07, 6.45) is 0.0770. The predicted octanol–water partition coefficient (Wildman–Crippen LogP) is 3.36. The van der Waals surface area contributed by atoms with Crippen LogP contribution in [-0.4, -0.2) is 10.8 Å². The van der Waals surface area contributed by atoms with Gasteiger partial charge in [-0.05, 0) is 23.8 Å². The molecule has 0 radical (unpaired) electrons. The second-order valence-electron chi connectivity index (χ2n) is 4.61. The molecule has 0 saturated heterocycles. The summed E-state index contributed by atoms with van der Waals surface area (Å²) in [6.45, 7) is 0.0804. The number of nitrogens with zero attached hydrogens (tertiary/aromatic N) is 1. The first-order valence-corrected chi connectivity index (χ1v) is 7.19. The largest absolute Gasteiger partial charge is 0.352 e. The Balaban J connectivity index is 1.92. The molecule has 0 bridgehead atoms. The van der Waals surface area contributed by atoms with Crippen LogP contribution >= 0.6 is 15.9 Å². The van der Waals surface area contributed by atoms with Crippen LogP contribution in [0.25, 0.3) is 0 Å². The van der Waals surface area contributed by atoms with Crippen molar-refractivity contribution in [1.82, 2.24) is 5.32 Å². The monoisotopic (exact) mass is 366 g/mol. The molecule has 0 aliphatic heterocycles. The molecule has 0 fully saturated rings. The maximum Gasteiger partial charge on any atom is 0.269 e. The molecular formula is C15H12BrFN2O3. The van der Waals surface area contributed by atoms with E-state index >= 15 is 0 Å². The average Bonchev–Trinajstić information content (AvgIpc) is 2.49. The lowest BCUT2D eigenvalue weighted by Gasteiger charge is -2.07. The highest BCUT2D eigenvalue weighted by Crippen LogP contribution is 2.15. The third kappa shape index (κ3) is 4.36. The van der Waals surface area contributed by atoms with Crippen LogP contribution in [0.2, 0.25) is 0 Å². The summed E-state index contributed by atoms with van der Waals surface area (Å²) in [7, 11) is 0. The molecule has 1 amide bonds. The number of nitrogens with one attached hydrogen (secondary N) is 1. The summed E-state index contributed by atoms with van der Waals surface area (Å²) < 4.78 is 14.3. The first-order valence-electron chi connectivity index (χ1n) is 6.39. The van der Waals surface area contributed by atoms with E-state index in [1.807, 2.05) is 0 Å². The van der Waals surface area contributed by atoms with Crippen LogP contribution in [0.4, 0.5) is 10.1 Å². The lowest BCUT2D eigenvalue weighted by molar-refractivity contribution is -0.384. The molecule has 0 unspecified atom stereocenters. The molecule has 0 aliphatic carbocycles. The minimum absolute atomic E-state index is 0.0274. The lowest BCUT2D eigenvalue weighted by atomic mass is 10.1. The Hall–Kier alpha value is -2.28. The zero-order chi connectivity index (χ0) is 16.1. The van der Waals surface area contributed by atoms with Crippen molar-refractivity contribution in [2.24, 2.45) is 0 Å². The third-order valence-electron chi connectivity index (χ3n) is 3.00. The van der Waals surface area contributed by atoms with Gasteiger partial charge in [0.05, 0.1) is 11.3 Å². The highest BCUT2D eigenvalue weighted by atomic mass is 79.9. The predicted molar refractivity (Wildman–Crippen MR) is 82.7 cm³/mol. The number of hydrogen-bond acceptors (Lipinski definition) is 3. The van der Waals surface area contributed by atoms with Gasteiger partial charge in [-0.25, -0.2) is 4.39 Å². The Morgan fingerprint density at radius 1 is 1.23 bits per heavy atom. The highest BCUT2D eigenvalue weighted by Gasteiger charge is 2.09. The van der Waals surface area contributed by atoms with Crippen LogP contribution < -0.4 is 5.32 Å². The fraction of sp³-hybridized carbons (Fsp3) is 0.133. The van der Waals surface area contributed by atoms with Gasteiger partial charge >= 0.3 is 0 Å². The zero-order valence-corrected chi connectivity index (χ0v) is 13.0. The molecule has 0 spiro atoms. The van der Waals surface area contributed by atoms with Crippen molar-refractivity contribution in [3.63, 3.8) is 0 Å². The van der Waals surface area contributed by atoms with Crippen molar-refractivity contribution in [2.45, 2.75) is 13.0 Å². The molecule has 2 aromatic carbocycles. The van der Waals surface area contributed by atoms with Crippen LogP contribution in [0.15, 0.2) is 46.9 Å². The van der Waals surface area contributed by atoms with Crippen LogP contribution in [0, 0.1) is 15.9 Å². The Morgan fingerprint density at radius 3 is 2.55 bits per heavy atom. The van der Waals surface area contributed by atoms with Gasteiger partial charge in [-0.3, -0.25) is 14.9 Å². The smallest absolute Gasteiger partial charge is 0.269 e. The summed E-state index contributed by atoms with van der Waals surface area (Å²) in [6, 6.07) is 10.2. The molecular weight excluding hydrogens is 355 g/mol. The van der Waals surface area contributed by atoms with Crippen molar-refractivity contribution in [3.8, 4) is 0 Å². The van der Waals surface area contributed by atoms with Gasteiger partial charge in [0.25, 0.3) is 5.69 Å². The second kappa shape index (κ2) is 7.13. The standard InChI is InChI=1S/C15H12BrFN2O3/c16-12-3-6-14(17)11(8-12)9-18-15(20)7-10-1-4-13(5-2-10)19(21)22/h1-6,8H,7,9H2,(H,18,20). The number of hydrogen-bond donors (Lipinski definition) is 1. The molecule has 0 aliphatic rings. The van der Waals surface area contributed by atoms with Crippen LogP contribution in [-0.2, 0) is 17.8 Å². The quantitative estimate of drug-likeness (QED) is 0.651. The Bertz CT molecular complexity index is 704. The van der Waals surface area contributed by atoms with Gasteiger partial charge in [-0.2, -0.15) is 0 Å². The van der Waals surface area contributed by atoms with Gasteiger partial charge in [0.2, 0.25) is 5.91 Å². The molecule has 114 valence electrons. The van der Waals surface area contributed by atoms with Gasteiger partial charge in [-0.1, -0.05) is 28.1 Å². The van der Waals surface area contributed by atoms with Crippen LogP contribution in [0.5, 0.6) is 0 Å². The number of carbonyl (C=O) groups excluding carboxylic acids is 1. The fourth-order valence-electron chi connectivity index (χ4n) is 1.86. The van der Waals surface area contributed by atoms with Gasteiger partial charge in [-0.15, -0.1) is 0 Å². The number of halogens is 2. The Morgan fingerprint density at radius 2 is 1.91 bits per heavy atom. The number of benzene rings is 2. The summed E-state index contributed by atoms with van der Waals surface area (Å²) in [5, 5.41) is 13.2. The Kier molecular flexibility index (Phi) is 5.21. The zero-order valence-electron chi connectivity index (χ0n) is 11.4. The second-order valence-corrected chi connectivity index (χ2v) is 5.53. The van der Waals surface area contributed by atoms with E-state index in [0.717, 1.165) is 4.47 Å². The molecule has 0 heterocycles. The first-order chi connectivity index (χ1) is 10.5. The molecule has 0 atom stereocenters. The fourth-order valence-corrected chi connectivity index (χ4v) is 2.26. The van der Waals surface area contributed by atoms with Crippen molar-refractivity contribution in [3.05, 3.63) is 74.0 Å². The van der Waals surface area contributed by atoms with Crippen molar-refractivity contribution >= 4 is 27.5 Å². The van der Waals surface area contributed by atoms with Gasteiger partial charge in [0, 0.05) is 28.7 Å². The maximum absolute atomic E-state index is 13.5. The van der Waals surface area contributed by atoms with E-state index in [0.29, 0.717) is 11.1 Å². The van der Waals surface area contributed by atoms with Crippen molar-refractivity contribution in [1.29, 1.82) is 0 Å². The summed E-state index contributed by atoms with van der Waals surface area (Å²) in [4.78, 5) is 21.9. The minimum Gasteiger partial charge on any atom is -0.352 e. The lowest BCUT2D eigenvalue weighted by Crippen LogP contribution is -2.25. The van der Waals surface area contributed by atoms with Gasteiger partial charge < -0.3 is 5.32 Å². The molecule has 0 saturated carbocycles. The highest BCUT2D eigenvalue weighted by molar-refractivity contribution is 9.10. The topological polar surface area (TPSA) is 72.2 Å². The molecule has 0 aromatic heterocycles. The molecule has 2 rings (SSSR count). The number of nitro groups is 1. The number of rotatable bonds is 5. The number of nitro benzene ring substituents is 1. The third-order valence-corrected chi connectivity index (χ3v) is 3.49. The van der Waals surface area contributed by atoms with E-state index in [9.17, 15) is 19.3 Å². The van der Waals surface area contributed by atoms with E-state index in [4.69, 9.17) is 0 Å². The number of amides is 1.